The Morgan fingerprint density at radius 1 is 1.39 bits per heavy atom. The second-order valence-corrected chi connectivity index (χ2v) is 5.39. The van der Waals surface area contributed by atoms with Gasteiger partial charge in [-0.25, -0.2) is 0 Å². The van der Waals surface area contributed by atoms with Crippen LogP contribution in [-0.4, -0.2) is 23.9 Å². The van der Waals surface area contributed by atoms with Crippen LogP contribution in [0.5, 0.6) is 0 Å². The van der Waals surface area contributed by atoms with Gasteiger partial charge in [0, 0.05) is 23.2 Å². The average Bonchev–Trinajstić information content (AvgIpc) is 2.69. The zero-order valence-corrected chi connectivity index (χ0v) is 11.9. The van der Waals surface area contributed by atoms with Crippen LogP contribution in [0.2, 0.25) is 5.02 Å². The number of fused-ring (bicyclic) bond motifs is 1. The number of amides is 1. The number of halogens is 1. The molecule has 0 unspecified atom stereocenters. The lowest BCUT2D eigenvalue weighted by Gasteiger charge is -2.17. The molecule has 0 aliphatic carbocycles. The van der Waals surface area contributed by atoms with Crippen molar-refractivity contribution in [3.05, 3.63) is 28.1 Å². The van der Waals surface area contributed by atoms with Crippen molar-refractivity contribution >= 4 is 44.6 Å². The summed E-state index contributed by atoms with van der Waals surface area (Å²) in [6.07, 6.45) is 0. The lowest BCUT2D eigenvalue weighted by Crippen LogP contribution is -2.30. The highest BCUT2D eigenvalue weighted by Crippen LogP contribution is 2.38. The molecule has 0 fully saturated rings. The topological polar surface area (TPSA) is 46.3 Å². The first-order valence-corrected chi connectivity index (χ1v) is 7.05. The number of rotatable bonds is 3. The molecule has 0 radical (unpaired) electrons. The lowest BCUT2D eigenvalue weighted by atomic mass is 10.2. The molecule has 0 saturated carbocycles. The van der Waals surface area contributed by atoms with Gasteiger partial charge in [-0.3, -0.25) is 4.79 Å². The number of anilines is 1. The first-order chi connectivity index (χ1) is 8.60. The smallest absolute Gasteiger partial charge is 0.266 e. The second-order valence-electron chi connectivity index (χ2n) is 3.94. The standard InChI is InChI=1S/C13H15ClN2OS/c1-3-16(4-2)13(17)12-11(15)10-8(14)6-5-7-9(10)18-12/h5-7H,3-4,15H2,1-2H3. The van der Waals surface area contributed by atoms with Crippen LogP contribution < -0.4 is 5.73 Å². The fourth-order valence-electron chi connectivity index (χ4n) is 1.94. The van der Waals surface area contributed by atoms with E-state index in [0.29, 0.717) is 28.7 Å². The summed E-state index contributed by atoms with van der Waals surface area (Å²) in [5, 5.41) is 1.39. The summed E-state index contributed by atoms with van der Waals surface area (Å²) in [6.45, 7) is 5.27. The van der Waals surface area contributed by atoms with Crippen LogP contribution in [0.15, 0.2) is 18.2 Å². The van der Waals surface area contributed by atoms with Gasteiger partial charge in [-0.05, 0) is 26.0 Å². The molecule has 2 aromatic rings. The fraction of sp³-hybridized carbons (Fsp3) is 0.308. The Labute approximate surface area is 115 Å². The predicted molar refractivity (Wildman–Crippen MR) is 78.5 cm³/mol. The van der Waals surface area contributed by atoms with Crippen LogP contribution in [0, 0.1) is 0 Å². The third kappa shape index (κ3) is 2.06. The van der Waals surface area contributed by atoms with Crippen molar-refractivity contribution in [2.45, 2.75) is 13.8 Å². The van der Waals surface area contributed by atoms with Gasteiger partial charge in [-0.15, -0.1) is 11.3 Å². The summed E-state index contributed by atoms with van der Waals surface area (Å²) in [6, 6.07) is 5.59. The van der Waals surface area contributed by atoms with E-state index in [4.69, 9.17) is 17.3 Å². The Hall–Kier alpha value is -1.26. The number of carbonyl (C=O) groups excluding carboxylic acids is 1. The van der Waals surface area contributed by atoms with Gasteiger partial charge in [-0.1, -0.05) is 17.7 Å². The number of nitrogens with two attached hydrogens (primary N) is 1. The molecule has 5 heteroatoms. The van der Waals surface area contributed by atoms with E-state index in [2.05, 4.69) is 0 Å². The molecular weight excluding hydrogens is 268 g/mol. The van der Waals surface area contributed by atoms with Gasteiger partial charge >= 0.3 is 0 Å². The number of hydrogen-bond donors (Lipinski definition) is 1. The summed E-state index contributed by atoms with van der Waals surface area (Å²) in [4.78, 5) is 14.7. The summed E-state index contributed by atoms with van der Waals surface area (Å²) < 4.78 is 0.954. The molecule has 0 atom stereocenters. The number of carbonyl (C=O) groups is 1. The number of nitrogens with zero attached hydrogens (tertiary/aromatic N) is 1. The van der Waals surface area contributed by atoms with Crippen molar-refractivity contribution in [1.29, 1.82) is 0 Å². The van der Waals surface area contributed by atoms with Gasteiger partial charge in [-0.2, -0.15) is 0 Å². The molecule has 0 bridgehead atoms. The number of benzene rings is 1. The lowest BCUT2D eigenvalue weighted by molar-refractivity contribution is 0.0779. The first kappa shape index (κ1) is 13.2. The Morgan fingerprint density at radius 2 is 2.06 bits per heavy atom. The SMILES string of the molecule is CCN(CC)C(=O)c1sc2cccc(Cl)c2c1N. The van der Waals surface area contributed by atoms with Crippen LogP contribution >= 0.6 is 22.9 Å². The minimum Gasteiger partial charge on any atom is -0.397 e. The quantitative estimate of drug-likeness (QED) is 0.934. The highest BCUT2D eigenvalue weighted by molar-refractivity contribution is 7.21. The normalized spacial score (nSPS) is 10.8. The van der Waals surface area contributed by atoms with Gasteiger partial charge in [0.15, 0.2) is 0 Å². The van der Waals surface area contributed by atoms with Crippen LogP contribution in [0.4, 0.5) is 5.69 Å². The zero-order valence-electron chi connectivity index (χ0n) is 10.4. The third-order valence-corrected chi connectivity index (χ3v) is 4.42. The first-order valence-electron chi connectivity index (χ1n) is 5.85. The zero-order chi connectivity index (χ0) is 13.3. The molecule has 3 nitrogen and oxygen atoms in total. The van der Waals surface area contributed by atoms with Gasteiger partial charge < -0.3 is 10.6 Å². The summed E-state index contributed by atoms with van der Waals surface area (Å²) >= 11 is 7.53. The van der Waals surface area contributed by atoms with Crippen molar-refractivity contribution < 1.29 is 4.79 Å². The van der Waals surface area contributed by atoms with Crippen LogP contribution in [0.1, 0.15) is 23.5 Å². The Morgan fingerprint density at radius 3 is 2.61 bits per heavy atom. The molecule has 1 aromatic carbocycles. The number of thiophene rings is 1. The average molecular weight is 283 g/mol. The van der Waals surface area contributed by atoms with E-state index < -0.39 is 0 Å². The van der Waals surface area contributed by atoms with E-state index in [1.807, 2.05) is 26.0 Å². The van der Waals surface area contributed by atoms with Crippen LogP contribution in [0.3, 0.4) is 0 Å². The minimum atomic E-state index is -0.0187. The van der Waals surface area contributed by atoms with Crippen LogP contribution in [-0.2, 0) is 0 Å². The molecule has 1 amide bonds. The Kier molecular flexibility index (Phi) is 3.78. The van der Waals surface area contributed by atoms with Gasteiger partial charge in [0.25, 0.3) is 5.91 Å². The molecule has 1 heterocycles. The Balaban J connectivity index is 2.56. The summed E-state index contributed by atoms with van der Waals surface area (Å²) in [7, 11) is 0. The maximum atomic E-state index is 12.3. The highest BCUT2D eigenvalue weighted by atomic mass is 35.5. The maximum Gasteiger partial charge on any atom is 0.266 e. The molecular formula is C13H15ClN2OS. The predicted octanol–water partition coefficient (Wildman–Crippen LogP) is 3.62. The van der Waals surface area contributed by atoms with E-state index >= 15 is 0 Å². The van der Waals surface area contributed by atoms with Crippen molar-refractivity contribution in [2.75, 3.05) is 18.8 Å². The van der Waals surface area contributed by atoms with E-state index in [9.17, 15) is 4.79 Å². The van der Waals surface area contributed by atoms with Crippen molar-refractivity contribution in [2.24, 2.45) is 0 Å². The third-order valence-electron chi connectivity index (χ3n) is 2.95. The van der Waals surface area contributed by atoms with Gasteiger partial charge in [0.1, 0.15) is 4.88 Å². The van der Waals surface area contributed by atoms with Gasteiger partial charge in [0.2, 0.25) is 0 Å². The summed E-state index contributed by atoms with van der Waals surface area (Å²) in [5.74, 6) is -0.0187. The molecule has 2 N–H and O–H groups in total. The molecule has 0 spiro atoms. The van der Waals surface area contributed by atoms with Crippen LogP contribution in [0.25, 0.3) is 10.1 Å². The fourth-order valence-corrected chi connectivity index (χ4v) is 3.39. The van der Waals surface area contributed by atoms with E-state index in [1.54, 1.807) is 11.0 Å². The van der Waals surface area contributed by atoms with Crippen molar-refractivity contribution in [1.82, 2.24) is 4.90 Å². The van der Waals surface area contributed by atoms with E-state index in [1.165, 1.54) is 11.3 Å². The number of nitrogen functional groups attached to an aromatic ring is 1. The molecule has 0 saturated heterocycles. The largest absolute Gasteiger partial charge is 0.397 e. The number of hydrogen-bond acceptors (Lipinski definition) is 3. The monoisotopic (exact) mass is 282 g/mol. The second kappa shape index (κ2) is 5.16. The highest BCUT2D eigenvalue weighted by Gasteiger charge is 2.21. The van der Waals surface area contributed by atoms with Crippen molar-refractivity contribution in [3.63, 3.8) is 0 Å². The molecule has 18 heavy (non-hydrogen) atoms. The Bertz CT molecular complexity index is 590. The maximum absolute atomic E-state index is 12.3. The molecule has 2 rings (SSSR count). The summed E-state index contributed by atoms with van der Waals surface area (Å²) in [5.41, 5.74) is 6.56. The van der Waals surface area contributed by atoms with Gasteiger partial charge in [0.05, 0.1) is 10.7 Å². The molecule has 96 valence electrons. The molecule has 0 aliphatic heterocycles. The van der Waals surface area contributed by atoms with E-state index in [0.717, 1.165) is 10.1 Å². The minimum absolute atomic E-state index is 0.0187. The molecule has 1 aromatic heterocycles. The van der Waals surface area contributed by atoms with E-state index in [-0.39, 0.29) is 5.91 Å². The molecule has 0 aliphatic rings. The van der Waals surface area contributed by atoms with Crippen molar-refractivity contribution in [3.8, 4) is 0 Å².